The van der Waals surface area contributed by atoms with Gasteiger partial charge in [0.1, 0.15) is 0 Å². The van der Waals surface area contributed by atoms with Crippen LogP contribution in [0.15, 0.2) is 41.6 Å². The highest BCUT2D eigenvalue weighted by Gasteiger charge is 2.21. The molecule has 0 spiro atoms. The summed E-state index contributed by atoms with van der Waals surface area (Å²) in [6, 6.07) is 7.03. The Morgan fingerprint density at radius 2 is 2.05 bits per heavy atom. The van der Waals surface area contributed by atoms with Gasteiger partial charge in [0.15, 0.2) is 0 Å². The fraction of sp³-hybridized carbons (Fsp3) is 0.438. The second kappa shape index (κ2) is 6.32. The summed E-state index contributed by atoms with van der Waals surface area (Å²) in [6.45, 7) is 2.58. The maximum atomic E-state index is 12.6. The molecule has 1 N–H and O–H groups in total. The average molecular weight is 319 g/mol. The summed E-state index contributed by atoms with van der Waals surface area (Å²) >= 11 is 0. The van der Waals surface area contributed by atoms with Gasteiger partial charge in [-0.05, 0) is 51.0 Å². The van der Waals surface area contributed by atoms with Crippen LogP contribution in [0, 0.1) is 5.92 Å². The molecule has 0 unspecified atom stereocenters. The Balaban J connectivity index is 1.77. The van der Waals surface area contributed by atoms with Gasteiger partial charge < -0.3 is 4.90 Å². The molecule has 22 heavy (non-hydrogen) atoms. The molecule has 2 heterocycles. The van der Waals surface area contributed by atoms with Crippen molar-refractivity contribution in [2.45, 2.75) is 17.7 Å². The summed E-state index contributed by atoms with van der Waals surface area (Å²) in [6.07, 6.45) is 5.39. The van der Waals surface area contributed by atoms with Crippen LogP contribution in [0.3, 0.4) is 0 Å². The molecule has 3 rings (SSSR count). The summed E-state index contributed by atoms with van der Waals surface area (Å²) in [5.41, 5.74) is 0. The molecule has 1 aliphatic rings. The van der Waals surface area contributed by atoms with Gasteiger partial charge in [-0.15, -0.1) is 0 Å². The fourth-order valence-corrected chi connectivity index (χ4v) is 4.24. The van der Waals surface area contributed by atoms with E-state index in [0.717, 1.165) is 31.3 Å². The van der Waals surface area contributed by atoms with Crippen molar-refractivity contribution in [3.8, 4) is 0 Å². The van der Waals surface area contributed by atoms with Crippen LogP contribution in [-0.2, 0) is 10.0 Å². The molecule has 0 radical (unpaired) electrons. The van der Waals surface area contributed by atoms with E-state index in [-0.39, 0.29) is 0 Å². The van der Waals surface area contributed by atoms with Gasteiger partial charge in [-0.25, -0.2) is 13.1 Å². The minimum atomic E-state index is -3.49. The molecule has 1 aromatic carbocycles. The third-order valence-corrected chi connectivity index (χ3v) is 5.81. The lowest BCUT2D eigenvalue weighted by Crippen LogP contribution is -2.36. The minimum Gasteiger partial charge on any atom is -0.306 e. The van der Waals surface area contributed by atoms with E-state index in [2.05, 4.69) is 21.7 Å². The average Bonchev–Trinajstić information content (AvgIpc) is 2.54. The van der Waals surface area contributed by atoms with Crippen molar-refractivity contribution in [1.29, 1.82) is 0 Å². The molecule has 0 saturated carbocycles. The summed E-state index contributed by atoms with van der Waals surface area (Å²) in [7, 11) is -1.39. The van der Waals surface area contributed by atoms with Crippen LogP contribution >= 0.6 is 0 Å². The Hall–Kier alpha value is -1.50. The van der Waals surface area contributed by atoms with Crippen molar-refractivity contribution in [3.05, 3.63) is 36.7 Å². The number of hydrogen-bond acceptors (Lipinski definition) is 4. The maximum Gasteiger partial charge on any atom is 0.241 e. The predicted octanol–water partition coefficient (Wildman–Crippen LogP) is 1.85. The molecule has 5 nitrogen and oxygen atoms in total. The minimum absolute atomic E-state index is 0.334. The molecule has 1 saturated heterocycles. The monoisotopic (exact) mass is 319 g/mol. The van der Waals surface area contributed by atoms with E-state index >= 15 is 0 Å². The molecule has 1 aromatic heterocycles. The van der Waals surface area contributed by atoms with E-state index in [0.29, 0.717) is 22.7 Å². The first-order chi connectivity index (χ1) is 10.6. The lowest BCUT2D eigenvalue weighted by molar-refractivity contribution is 0.220. The van der Waals surface area contributed by atoms with Crippen molar-refractivity contribution >= 4 is 20.8 Å². The molecule has 0 atom stereocenters. The normalized spacial score (nSPS) is 17.9. The first-order valence-electron chi connectivity index (χ1n) is 7.57. The molecule has 0 aliphatic carbocycles. The third-order valence-electron chi connectivity index (χ3n) is 4.33. The number of hydrogen-bond donors (Lipinski definition) is 1. The van der Waals surface area contributed by atoms with Crippen LogP contribution in [0.2, 0.25) is 0 Å². The second-order valence-electron chi connectivity index (χ2n) is 5.95. The smallest absolute Gasteiger partial charge is 0.241 e. The number of nitrogens with zero attached hydrogens (tertiary/aromatic N) is 2. The van der Waals surface area contributed by atoms with Gasteiger partial charge in [-0.3, -0.25) is 4.98 Å². The maximum absolute atomic E-state index is 12.6. The van der Waals surface area contributed by atoms with Gasteiger partial charge in [-0.1, -0.05) is 12.1 Å². The van der Waals surface area contributed by atoms with Gasteiger partial charge in [0.2, 0.25) is 10.0 Å². The largest absolute Gasteiger partial charge is 0.306 e. The Bertz CT molecular complexity index is 748. The van der Waals surface area contributed by atoms with Crippen LogP contribution in [0.1, 0.15) is 12.8 Å². The van der Waals surface area contributed by atoms with Crippen molar-refractivity contribution in [1.82, 2.24) is 14.6 Å². The summed E-state index contributed by atoms with van der Waals surface area (Å²) in [4.78, 5) is 6.66. The molecule has 1 fully saturated rings. The lowest BCUT2D eigenvalue weighted by Gasteiger charge is -2.28. The fourth-order valence-electron chi connectivity index (χ4n) is 2.90. The SMILES string of the molecule is CN1CCC(CNS(=O)(=O)c2cccc3cnccc23)CC1. The first kappa shape index (κ1) is 15.4. The van der Waals surface area contributed by atoms with Gasteiger partial charge in [0.05, 0.1) is 4.90 Å². The first-order valence-corrected chi connectivity index (χ1v) is 9.05. The number of pyridine rings is 1. The van der Waals surface area contributed by atoms with Crippen molar-refractivity contribution in [2.24, 2.45) is 5.92 Å². The van der Waals surface area contributed by atoms with E-state index < -0.39 is 10.0 Å². The number of benzene rings is 1. The predicted molar refractivity (Wildman–Crippen MR) is 87.2 cm³/mol. The molecule has 118 valence electrons. The van der Waals surface area contributed by atoms with Gasteiger partial charge >= 0.3 is 0 Å². The lowest BCUT2D eigenvalue weighted by atomic mass is 9.98. The van der Waals surface area contributed by atoms with E-state index in [1.807, 2.05) is 6.07 Å². The van der Waals surface area contributed by atoms with E-state index in [4.69, 9.17) is 0 Å². The number of piperidine rings is 1. The molecule has 0 bridgehead atoms. The Morgan fingerprint density at radius 1 is 1.27 bits per heavy atom. The highest BCUT2D eigenvalue weighted by Crippen LogP contribution is 2.22. The van der Waals surface area contributed by atoms with Gasteiger partial charge in [0.25, 0.3) is 0 Å². The van der Waals surface area contributed by atoms with Crippen molar-refractivity contribution < 1.29 is 8.42 Å². The number of likely N-dealkylation sites (tertiary alicyclic amines) is 1. The topological polar surface area (TPSA) is 62.3 Å². The van der Waals surface area contributed by atoms with E-state index in [1.165, 1.54) is 0 Å². The van der Waals surface area contributed by atoms with E-state index in [9.17, 15) is 8.42 Å². The molecule has 0 amide bonds. The van der Waals surface area contributed by atoms with Crippen LogP contribution in [0.25, 0.3) is 10.8 Å². The zero-order valence-corrected chi connectivity index (χ0v) is 13.5. The standard InChI is InChI=1S/C16H21N3O2S/c1-19-9-6-13(7-10-19)11-18-22(20,21)16-4-2-3-14-12-17-8-5-15(14)16/h2-5,8,12-13,18H,6-7,9-11H2,1H3. The van der Waals surface area contributed by atoms with Crippen LogP contribution in [0.5, 0.6) is 0 Å². The second-order valence-corrected chi connectivity index (χ2v) is 7.69. The number of rotatable bonds is 4. The van der Waals surface area contributed by atoms with Gasteiger partial charge in [-0.2, -0.15) is 0 Å². The zero-order chi connectivity index (χ0) is 15.6. The van der Waals surface area contributed by atoms with E-state index in [1.54, 1.807) is 30.6 Å². The highest BCUT2D eigenvalue weighted by atomic mass is 32.2. The number of aromatic nitrogens is 1. The molecular formula is C16H21N3O2S. The van der Waals surface area contributed by atoms with Crippen molar-refractivity contribution in [2.75, 3.05) is 26.7 Å². The van der Waals surface area contributed by atoms with Crippen molar-refractivity contribution in [3.63, 3.8) is 0 Å². The van der Waals surface area contributed by atoms with Crippen LogP contribution < -0.4 is 4.72 Å². The summed E-state index contributed by atoms with van der Waals surface area (Å²) in [5.74, 6) is 0.419. The van der Waals surface area contributed by atoms with Crippen LogP contribution in [-0.4, -0.2) is 45.0 Å². The van der Waals surface area contributed by atoms with Gasteiger partial charge in [0, 0.05) is 29.7 Å². The molecular weight excluding hydrogens is 298 g/mol. The molecule has 1 aliphatic heterocycles. The number of sulfonamides is 1. The Morgan fingerprint density at radius 3 is 2.82 bits per heavy atom. The quantitative estimate of drug-likeness (QED) is 0.934. The molecule has 6 heteroatoms. The number of nitrogens with one attached hydrogen (secondary N) is 1. The number of fused-ring (bicyclic) bond motifs is 1. The Kier molecular flexibility index (Phi) is 4.42. The van der Waals surface area contributed by atoms with Crippen LogP contribution in [0.4, 0.5) is 0 Å². The Labute approximate surface area is 131 Å². The highest BCUT2D eigenvalue weighted by molar-refractivity contribution is 7.89. The zero-order valence-electron chi connectivity index (χ0n) is 12.7. The summed E-state index contributed by atoms with van der Waals surface area (Å²) < 4.78 is 28.0. The summed E-state index contributed by atoms with van der Waals surface area (Å²) in [5, 5.41) is 1.55. The third kappa shape index (κ3) is 3.29. The molecule has 2 aromatic rings.